The van der Waals surface area contributed by atoms with Gasteiger partial charge in [0.2, 0.25) is 0 Å². The normalized spacial score (nSPS) is 11.7. The summed E-state index contributed by atoms with van der Waals surface area (Å²) in [6.45, 7) is 0. The fourth-order valence-electron chi connectivity index (χ4n) is 6.98. The van der Waals surface area contributed by atoms with Crippen molar-refractivity contribution in [3.63, 3.8) is 0 Å². The summed E-state index contributed by atoms with van der Waals surface area (Å²) < 4.78 is 6.05. The van der Waals surface area contributed by atoms with Crippen molar-refractivity contribution in [2.24, 2.45) is 0 Å². The first-order valence-corrected chi connectivity index (χ1v) is 14.8. The Bertz CT molecular complexity index is 2470. The smallest absolute Gasteiger partial charge is 0.135 e. The van der Waals surface area contributed by atoms with Gasteiger partial charge in [-0.2, -0.15) is 0 Å². The third kappa shape index (κ3) is 3.99. The highest BCUT2D eigenvalue weighted by molar-refractivity contribution is 6.66. The summed E-state index contributed by atoms with van der Waals surface area (Å²) in [5.74, 6) is 0. The highest BCUT2D eigenvalue weighted by Crippen LogP contribution is 2.42. The molecule has 7 aromatic carbocycles. The molecule has 196 valence electrons. The second-order valence-corrected chi connectivity index (χ2v) is 11.5. The van der Waals surface area contributed by atoms with Crippen LogP contribution in [0.4, 0.5) is 0 Å². The molecule has 1 aromatic heterocycles. The second kappa shape index (κ2) is 10.7. The average Bonchev–Trinajstić information content (AvgIpc) is 3.48. The summed E-state index contributed by atoms with van der Waals surface area (Å²) in [6.07, 6.45) is 0. The van der Waals surface area contributed by atoms with Crippen LogP contribution in [0.5, 0.6) is 0 Å². The second-order valence-electron chi connectivity index (χ2n) is 11.5. The van der Waals surface area contributed by atoms with Crippen molar-refractivity contribution in [2.75, 3.05) is 0 Å². The molecule has 0 bridgehead atoms. The Morgan fingerprint density at radius 3 is 1.26 bits per heavy atom. The van der Waals surface area contributed by atoms with E-state index in [0.717, 1.165) is 43.6 Å². The number of fused-ring (bicyclic) bond motifs is 5. The van der Waals surface area contributed by atoms with Crippen LogP contribution in [0.3, 0.4) is 0 Å². The summed E-state index contributed by atoms with van der Waals surface area (Å²) in [4.78, 5) is 0. The van der Waals surface area contributed by atoms with E-state index in [2.05, 4.69) is 36.4 Å². The molecule has 0 atom stereocenters. The Hall–Kier alpha value is -4.69. The van der Waals surface area contributed by atoms with Crippen molar-refractivity contribution in [3.8, 4) is 33.4 Å². The Balaban J connectivity index is 1.48. The molecule has 0 N–H and O–H groups in total. The predicted molar refractivity (Wildman–Crippen MR) is 203 cm³/mol. The van der Waals surface area contributed by atoms with E-state index < -0.39 is 0 Å². The molecule has 0 unspecified atom stereocenters. The van der Waals surface area contributed by atoms with E-state index in [1.54, 1.807) is 0 Å². The molecule has 8 heteroatoms. The standard InChI is InChI=1S/C38H17B7O/c39-31-27-23-16-8-9-17-24(23)46-38(27)37(45)36(44)29(31)30-34(42)32(40)28(33(41)35(30)43)26-21-14-6-4-12-19(21)25(18-10-2-1-3-11-18)20-13-5-7-15-22(20)26/h1-17H. The van der Waals surface area contributed by atoms with Gasteiger partial charge in [0, 0.05) is 10.8 Å². The fourth-order valence-corrected chi connectivity index (χ4v) is 6.98. The van der Waals surface area contributed by atoms with Gasteiger partial charge in [0.15, 0.2) is 0 Å². The number of para-hydroxylation sites is 1. The summed E-state index contributed by atoms with van der Waals surface area (Å²) in [5.41, 5.74) is 6.97. The molecule has 0 aliphatic rings. The predicted octanol–water partition coefficient (Wildman–Crippen LogP) is 2.45. The molecule has 1 nitrogen and oxygen atoms in total. The van der Waals surface area contributed by atoms with Crippen molar-refractivity contribution in [1.82, 2.24) is 0 Å². The minimum Gasteiger partial charge on any atom is -0.457 e. The molecule has 1 heterocycles. The zero-order chi connectivity index (χ0) is 31.9. The monoisotopic (exact) mass is 566 g/mol. The minimum absolute atomic E-state index is 0.178. The molecule has 8 aromatic rings. The lowest BCUT2D eigenvalue weighted by Crippen LogP contribution is -2.47. The number of hydrogen-bond acceptors (Lipinski definition) is 1. The first-order chi connectivity index (χ1) is 22.3. The Morgan fingerprint density at radius 2 is 0.717 bits per heavy atom. The van der Waals surface area contributed by atoms with Gasteiger partial charge in [-0.3, -0.25) is 0 Å². The van der Waals surface area contributed by atoms with Crippen molar-refractivity contribution >= 4 is 137 Å². The maximum atomic E-state index is 6.98. The van der Waals surface area contributed by atoms with Crippen molar-refractivity contribution in [1.29, 1.82) is 0 Å². The quantitative estimate of drug-likeness (QED) is 0.237. The van der Waals surface area contributed by atoms with Crippen molar-refractivity contribution in [3.05, 3.63) is 103 Å². The maximum Gasteiger partial charge on any atom is 0.135 e. The molecular formula is C38H17B7O. The van der Waals surface area contributed by atoms with Crippen LogP contribution < -0.4 is 38.2 Å². The van der Waals surface area contributed by atoms with Crippen LogP contribution in [0.15, 0.2) is 108 Å². The minimum atomic E-state index is 0.178. The van der Waals surface area contributed by atoms with Crippen LogP contribution >= 0.6 is 0 Å². The molecule has 0 amide bonds. The first kappa shape index (κ1) is 28.8. The van der Waals surface area contributed by atoms with E-state index in [1.165, 1.54) is 0 Å². The molecular weight excluding hydrogens is 548 g/mol. The zero-order valence-corrected chi connectivity index (χ0v) is 24.8. The van der Waals surface area contributed by atoms with E-state index in [0.29, 0.717) is 38.7 Å². The molecule has 0 aliphatic carbocycles. The summed E-state index contributed by atoms with van der Waals surface area (Å²) in [5, 5.41) is 5.40. The van der Waals surface area contributed by atoms with Crippen LogP contribution in [0.1, 0.15) is 0 Å². The van der Waals surface area contributed by atoms with Crippen LogP contribution in [0, 0.1) is 0 Å². The highest BCUT2D eigenvalue weighted by atomic mass is 16.3. The van der Waals surface area contributed by atoms with Gasteiger partial charge in [-0.25, -0.2) is 0 Å². The molecule has 0 saturated carbocycles. The Kier molecular flexibility index (Phi) is 6.69. The van der Waals surface area contributed by atoms with Gasteiger partial charge in [-0.1, -0.05) is 135 Å². The van der Waals surface area contributed by atoms with Crippen LogP contribution in [0.2, 0.25) is 0 Å². The van der Waals surface area contributed by atoms with E-state index >= 15 is 0 Å². The maximum absolute atomic E-state index is 6.98. The summed E-state index contributed by atoms with van der Waals surface area (Å²) in [7, 11) is 47.9. The molecule has 0 aliphatic heterocycles. The fraction of sp³-hybridized carbons (Fsp3) is 0. The summed E-state index contributed by atoms with van der Waals surface area (Å²) >= 11 is 0. The van der Waals surface area contributed by atoms with Gasteiger partial charge in [-0.05, 0) is 61.0 Å². The lowest BCUT2D eigenvalue weighted by Gasteiger charge is -2.28. The lowest BCUT2D eigenvalue weighted by molar-refractivity contribution is 0.672. The topological polar surface area (TPSA) is 13.1 Å². The summed E-state index contributed by atoms with van der Waals surface area (Å²) in [6, 6.07) is 34.2. The van der Waals surface area contributed by atoms with Gasteiger partial charge in [0.25, 0.3) is 0 Å². The third-order valence-electron chi connectivity index (χ3n) is 9.09. The van der Waals surface area contributed by atoms with Gasteiger partial charge in [0.05, 0.1) is 0 Å². The first-order valence-electron chi connectivity index (χ1n) is 14.8. The molecule has 0 spiro atoms. The largest absolute Gasteiger partial charge is 0.457 e. The van der Waals surface area contributed by atoms with E-state index in [9.17, 15) is 0 Å². The number of benzene rings is 7. The Morgan fingerprint density at radius 1 is 0.326 bits per heavy atom. The van der Waals surface area contributed by atoms with Crippen molar-refractivity contribution in [2.45, 2.75) is 0 Å². The number of hydrogen-bond donors (Lipinski definition) is 0. The lowest BCUT2D eigenvalue weighted by atomic mass is 9.59. The zero-order valence-electron chi connectivity index (χ0n) is 24.8. The van der Waals surface area contributed by atoms with E-state index in [-0.39, 0.29) is 32.8 Å². The van der Waals surface area contributed by atoms with Crippen LogP contribution in [-0.2, 0) is 0 Å². The highest BCUT2D eigenvalue weighted by Gasteiger charge is 2.24. The van der Waals surface area contributed by atoms with Crippen LogP contribution in [-0.4, -0.2) is 54.9 Å². The average molecular weight is 565 g/mol. The Labute approximate surface area is 276 Å². The van der Waals surface area contributed by atoms with E-state index in [1.807, 2.05) is 66.7 Å². The molecule has 0 fully saturated rings. The molecule has 8 rings (SSSR count). The third-order valence-corrected chi connectivity index (χ3v) is 9.09. The van der Waals surface area contributed by atoms with Crippen molar-refractivity contribution < 1.29 is 4.42 Å². The van der Waals surface area contributed by atoms with Gasteiger partial charge in [0.1, 0.15) is 66.1 Å². The SMILES string of the molecule is [B]c1c([B])c(-c2c3ccccc3c(-c3ccccc3)c3ccccc23)c([B])c([B])c1-c1c([B])c([B])c2oc3ccccc3c2c1[B]. The van der Waals surface area contributed by atoms with Gasteiger partial charge < -0.3 is 4.42 Å². The number of rotatable bonds is 3. The molecule has 0 saturated heterocycles. The molecule has 46 heavy (non-hydrogen) atoms. The number of furan rings is 1. The van der Waals surface area contributed by atoms with E-state index in [4.69, 9.17) is 59.3 Å². The van der Waals surface area contributed by atoms with Gasteiger partial charge >= 0.3 is 0 Å². The van der Waals surface area contributed by atoms with Crippen LogP contribution in [0.25, 0.3) is 76.9 Å². The van der Waals surface area contributed by atoms with Gasteiger partial charge in [-0.15, -0.1) is 0 Å². The molecule has 14 radical (unpaired) electrons.